The second-order valence-corrected chi connectivity index (χ2v) is 4.78. The highest BCUT2D eigenvalue weighted by Gasteiger charge is 2.25. The van der Waals surface area contributed by atoms with Crippen LogP contribution in [0.2, 0.25) is 0 Å². The molecular weight excluding hydrogens is 214 g/mol. The number of nitrogen functional groups attached to an aromatic ring is 1. The lowest BCUT2D eigenvalue weighted by atomic mass is 10.1. The number of rotatable bonds is 2. The van der Waals surface area contributed by atoms with Crippen LogP contribution in [-0.2, 0) is 6.42 Å². The molecule has 2 amide bonds. The summed E-state index contributed by atoms with van der Waals surface area (Å²) >= 11 is 0. The number of nitrogens with one attached hydrogen (secondary N) is 2. The minimum Gasteiger partial charge on any atom is -0.398 e. The Morgan fingerprint density at radius 1 is 1.47 bits per heavy atom. The van der Waals surface area contributed by atoms with Gasteiger partial charge in [-0.05, 0) is 43.9 Å². The van der Waals surface area contributed by atoms with Crippen molar-refractivity contribution in [1.29, 1.82) is 0 Å². The molecule has 17 heavy (non-hydrogen) atoms. The standard InChI is InChI=1S/C13H19N3O/c1-8(2)15-13(17)16-12-7-6-9-10(12)4-3-5-11(9)14/h3-5,8,12H,6-7,14H2,1-2H3,(H2,15,16,17). The maximum atomic E-state index is 11.7. The van der Waals surface area contributed by atoms with Crippen molar-refractivity contribution < 1.29 is 4.79 Å². The summed E-state index contributed by atoms with van der Waals surface area (Å²) in [7, 11) is 0. The Balaban J connectivity index is 2.07. The Morgan fingerprint density at radius 3 is 2.94 bits per heavy atom. The van der Waals surface area contributed by atoms with Crippen molar-refractivity contribution >= 4 is 11.7 Å². The summed E-state index contributed by atoms with van der Waals surface area (Å²) in [6.07, 6.45) is 1.86. The molecule has 92 valence electrons. The molecule has 0 radical (unpaired) electrons. The van der Waals surface area contributed by atoms with Gasteiger partial charge in [-0.3, -0.25) is 0 Å². The third kappa shape index (κ3) is 2.52. The van der Waals surface area contributed by atoms with E-state index in [9.17, 15) is 4.79 Å². The van der Waals surface area contributed by atoms with Gasteiger partial charge in [-0.2, -0.15) is 0 Å². The van der Waals surface area contributed by atoms with Gasteiger partial charge in [-0.25, -0.2) is 4.79 Å². The summed E-state index contributed by atoms with van der Waals surface area (Å²) < 4.78 is 0. The molecular formula is C13H19N3O. The first-order valence-electron chi connectivity index (χ1n) is 6.02. The predicted molar refractivity (Wildman–Crippen MR) is 68.7 cm³/mol. The van der Waals surface area contributed by atoms with Gasteiger partial charge >= 0.3 is 6.03 Å². The molecule has 1 aliphatic carbocycles. The second kappa shape index (κ2) is 4.65. The number of carbonyl (C=O) groups is 1. The molecule has 4 nitrogen and oxygen atoms in total. The molecule has 0 spiro atoms. The van der Waals surface area contributed by atoms with Crippen LogP contribution in [0, 0.1) is 0 Å². The van der Waals surface area contributed by atoms with Gasteiger partial charge in [0.25, 0.3) is 0 Å². The minimum absolute atomic E-state index is 0.0900. The lowest BCUT2D eigenvalue weighted by molar-refractivity contribution is 0.234. The fourth-order valence-corrected chi connectivity index (χ4v) is 2.29. The van der Waals surface area contributed by atoms with Gasteiger partial charge in [0.05, 0.1) is 6.04 Å². The smallest absolute Gasteiger partial charge is 0.315 e. The molecule has 0 aromatic heterocycles. The van der Waals surface area contributed by atoms with Crippen LogP contribution in [0.15, 0.2) is 18.2 Å². The van der Waals surface area contributed by atoms with Crippen LogP contribution >= 0.6 is 0 Å². The third-order valence-electron chi connectivity index (χ3n) is 3.03. The zero-order valence-corrected chi connectivity index (χ0v) is 10.3. The molecule has 1 unspecified atom stereocenters. The van der Waals surface area contributed by atoms with Crippen molar-refractivity contribution in [3.8, 4) is 0 Å². The number of nitrogens with two attached hydrogens (primary N) is 1. The van der Waals surface area contributed by atoms with Crippen LogP contribution in [0.1, 0.15) is 37.4 Å². The van der Waals surface area contributed by atoms with Gasteiger partial charge in [0.1, 0.15) is 0 Å². The van der Waals surface area contributed by atoms with E-state index >= 15 is 0 Å². The Labute approximate surface area is 102 Å². The van der Waals surface area contributed by atoms with Crippen molar-refractivity contribution in [2.24, 2.45) is 0 Å². The molecule has 4 heteroatoms. The van der Waals surface area contributed by atoms with Crippen LogP contribution in [0.4, 0.5) is 10.5 Å². The van der Waals surface area contributed by atoms with E-state index in [0.717, 1.165) is 24.1 Å². The monoisotopic (exact) mass is 233 g/mol. The van der Waals surface area contributed by atoms with Gasteiger partial charge in [-0.1, -0.05) is 12.1 Å². The predicted octanol–water partition coefficient (Wildman–Crippen LogP) is 1.96. The quantitative estimate of drug-likeness (QED) is 0.684. The first kappa shape index (κ1) is 11.8. The van der Waals surface area contributed by atoms with Gasteiger partial charge in [0.15, 0.2) is 0 Å². The summed E-state index contributed by atoms with van der Waals surface area (Å²) in [6, 6.07) is 6.02. The number of amides is 2. The summed E-state index contributed by atoms with van der Waals surface area (Å²) in [6.45, 7) is 3.89. The molecule has 0 fully saturated rings. The summed E-state index contributed by atoms with van der Waals surface area (Å²) in [5, 5.41) is 5.82. The number of carbonyl (C=O) groups excluding carboxylic acids is 1. The Hall–Kier alpha value is -1.71. The molecule has 0 saturated heterocycles. The maximum Gasteiger partial charge on any atom is 0.315 e. The lowest BCUT2D eigenvalue weighted by Gasteiger charge is -2.16. The molecule has 0 bridgehead atoms. The number of hydrogen-bond acceptors (Lipinski definition) is 2. The third-order valence-corrected chi connectivity index (χ3v) is 3.03. The van der Waals surface area contributed by atoms with E-state index in [4.69, 9.17) is 5.73 Å². The first-order chi connectivity index (χ1) is 8.08. The lowest BCUT2D eigenvalue weighted by Crippen LogP contribution is -2.40. The van der Waals surface area contributed by atoms with Crippen LogP contribution < -0.4 is 16.4 Å². The van der Waals surface area contributed by atoms with E-state index in [1.807, 2.05) is 32.0 Å². The molecule has 1 aromatic rings. The molecule has 1 aromatic carbocycles. The second-order valence-electron chi connectivity index (χ2n) is 4.78. The van der Waals surface area contributed by atoms with Gasteiger partial charge < -0.3 is 16.4 Å². The fourth-order valence-electron chi connectivity index (χ4n) is 2.29. The van der Waals surface area contributed by atoms with E-state index in [-0.39, 0.29) is 18.1 Å². The highest BCUT2D eigenvalue weighted by Crippen LogP contribution is 2.34. The number of benzene rings is 1. The number of urea groups is 1. The fraction of sp³-hybridized carbons (Fsp3) is 0.462. The molecule has 1 aliphatic rings. The van der Waals surface area contributed by atoms with Crippen LogP contribution in [-0.4, -0.2) is 12.1 Å². The largest absolute Gasteiger partial charge is 0.398 e. The van der Waals surface area contributed by atoms with Crippen LogP contribution in [0.3, 0.4) is 0 Å². The molecule has 1 atom stereocenters. The van der Waals surface area contributed by atoms with Crippen molar-refractivity contribution in [2.75, 3.05) is 5.73 Å². The van der Waals surface area contributed by atoms with Crippen molar-refractivity contribution in [3.05, 3.63) is 29.3 Å². The van der Waals surface area contributed by atoms with E-state index in [1.165, 1.54) is 5.56 Å². The number of hydrogen-bond donors (Lipinski definition) is 3. The zero-order chi connectivity index (χ0) is 12.4. The Bertz CT molecular complexity index is 429. The van der Waals surface area contributed by atoms with E-state index in [2.05, 4.69) is 10.6 Å². The normalized spacial score (nSPS) is 17.9. The average Bonchev–Trinajstić information content (AvgIpc) is 2.62. The van der Waals surface area contributed by atoms with Gasteiger partial charge in [0.2, 0.25) is 0 Å². The summed E-state index contributed by atoms with van der Waals surface area (Å²) in [4.78, 5) is 11.7. The van der Waals surface area contributed by atoms with Crippen LogP contribution in [0.25, 0.3) is 0 Å². The average molecular weight is 233 g/mol. The topological polar surface area (TPSA) is 67.2 Å². The van der Waals surface area contributed by atoms with Crippen molar-refractivity contribution in [1.82, 2.24) is 10.6 Å². The maximum absolute atomic E-state index is 11.7. The van der Waals surface area contributed by atoms with Crippen LogP contribution in [0.5, 0.6) is 0 Å². The highest BCUT2D eigenvalue weighted by atomic mass is 16.2. The SMILES string of the molecule is CC(C)NC(=O)NC1CCc2c(N)cccc21. The first-order valence-corrected chi connectivity index (χ1v) is 6.02. The van der Waals surface area contributed by atoms with Gasteiger partial charge in [-0.15, -0.1) is 0 Å². The molecule has 0 saturated carbocycles. The molecule has 0 aliphatic heterocycles. The van der Waals surface area contributed by atoms with Crippen molar-refractivity contribution in [3.63, 3.8) is 0 Å². The molecule has 4 N–H and O–H groups in total. The van der Waals surface area contributed by atoms with Gasteiger partial charge in [0, 0.05) is 11.7 Å². The molecule has 0 heterocycles. The van der Waals surface area contributed by atoms with Crippen molar-refractivity contribution in [2.45, 2.75) is 38.8 Å². The zero-order valence-electron chi connectivity index (χ0n) is 10.3. The summed E-state index contributed by atoms with van der Waals surface area (Å²) in [5.41, 5.74) is 9.09. The Morgan fingerprint density at radius 2 is 2.24 bits per heavy atom. The number of fused-ring (bicyclic) bond motifs is 1. The Kier molecular flexibility index (Phi) is 3.22. The minimum atomic E-state index is -0.111. The molecule has 2 rings (SSSR count). The van der Waals surface area contributed by atoms with E-state index in [0.29, 0.717) is 0 Å². The highest BCUT2D eigenvalue weighted by molar-refractivity contribution is 5.75. The summed E-state index contributed by atoms with van der Waals surface area (Å²) in [5.74, 6) is 0. The van der Waals surface area contributed by atoms with E-state index in [1.54, 1.807) is 0 Å². The van der Waals surface area contributed by atoms with E-state index < -0.39 is 0 Å². The number of anilines is 1.